The van der Waals surface area contributed by atoms with E-state index in [-0.39, 0.29) is 31.6 Å². The minimum atomic E-state index is -1.26. The van der Waals surface area contributed by atoms with Crippen molar-refractivity contribution in [3.8, 4) is 0 Å². The number of carbonyl (C=O) groups excluding carboxylic acids is 5. The van der Waals surface area contributed by atoms with Crippen LogP contribution in [-0.4, -0.2) is 83.4 Å². The van der Waals surface area contributed by atoms with E-state index >= 15 is 0 Å². The summed E-state index contributed by atoms with van der Waals surface area (Å²) in [4.78, 5) is 79.3. The molecule has 0 aliphatic rings. The van der Waals surface area contributed by atoms with Gasteiger partial charge >= 0.3 is 5.97 Å². The molecule has 0 radical (unpaired) electrons. The number of carboxylic acid groups (broad SMARTS) is 1. The first-order valence-electron chi connectivity index (χ1n) is 17.9. The molecule has 52 heavy (non-hydrogen) atoms. The summed E-state index contributed by atoms with van der Waals surface area (Å²) < 4.78 is 0. The number of unbranched alkanes of at least 4 members (excludes halogenated alkanes) is 1. The summed E-state index contributed by atoms with van der Waals surface area (Å²) >= 11 is 0. The van der Waals surface area contributed by atoms with Crippen LogP contribution < -0.4 is 38.1 Å². The van der Waals surface area contributed by atoms with Gasteiger partial charge in [0.25, 0.3) is 0 Å². The molecule has 0 heterocycles. The van der Waals surface area contributed by atoms with Crippen LogP contribution in [0.25, 0.3) is 0 Å². The summed E-state index contributed by atoms with van der Waals surface area (Å²) in [7, 11) is 0. The van der Waals surface area contributed by atoms with Crippen LogP contribution in [-0.2, 0) is 41.6 Å². The molecule has 14 heteroatoms. The standard InChI is InChI=1S/C38H57N7O7/c1-23(2)20-29(42-34(47)28(18-12-13-19-39)41-33(46)25(5)40)36(49)45-32(24(3)4)37(50)43-30(21-26-14-8-6-9-15-26)35(48)44-31(38(51)52)22-27-16-10-7-11-17-27/h6-11,14-17,23-25,28-32H,12-13,18-22,39-40H2,1-5H3,(H,41,46)(H,42,47)(H,43,50)(H,44,48)(H,45,49)(H,51,52). The van der Waals surface area contributed by atoms with E-state index in [1.165, 1.54) is 6.92 Å². The molecule has 0 aliphatic heterocycles. The molecule has 10 N–H and O–H groups in total. The van der Waals surface area contributed by atoms with Crippen LogP contribution in [0, 0.1) is 11.8 Å². The number of benzene rings is 2. The molecule has 286 valence electrons. The molecule has 0 fully saturated rings. The number of nitrogens with two attached hydrogens (primary N) is 2. The number of carbonyl (C=O) groups is 6. The van der Waals surface area contributed by atoms with Gasteiger partial charge in [0.1, 0.15) is 30.2 Å². The lowest BCUT2D eigenvalue weighted by Crippen LogP contribution is -2.60. The first-order chi connectivity index (χ1) is 24.6. The van der Waals surface area contributed by atoms with Crippen LogP contribution in [0.1, 0.15) is 71.4 Å². The number of amides is 5. The molecule has 0 saturated heterocycles. The van der Waals surface area contributed by atoms with Crippen molar-refractivity contribution >= 4 is 35.5 Å². The van der Waals surface area contributed by atoms with E-state index < -0.39 is 77.7 Å². The van der Waals surface area contributed by atoms with Crippen LogP contribution in [0.4, 0.5) is 0 Å². The highest BCUT2D eigenvalue weighted by atomic mass is 16.4. The molecule has 5 amide bonds. The van der Waals surface area contributed by atoms with Crippen molar-refractivity contribution in [3.05, 3.63) is 71.8 Å². The van der Waals surface area contributed by atoms with Gasteiger partial charge in [-0.15, -0.1) is 0 Å². The Hall–Kier alpha value is -4.82. The molecule has 2 rings (SSSR count). The average Bonchev–Trinajstić information content (AvgIpc) is 3.09. The van der Waals surface area contributed by atoms with Gasteiger partial charge in [0, 0.05) is 12.8 Å². The number of nitrogens with one attached hydrogen (secondary N) is 5. The van der Waals surface area contributed by atoms with E-state index in [1.807, 2.05) is 19.9 Å². The van der Waals surface area contributed by atoms with Crippen LogP contribution in [0.3, 0.4) is 0 Å². The summed E-state index contributed by atoms with van der Waals surface area (Å²) in [6.07, 6.45) is 1.79. The van der Waals surface area contributed by atoms with Crippen molar-refractivity contribution in [1.29, 1.82) is 0 Å². The van der Waals surface area contributed by atoms with Crippen molar-refractivity contribution in [2.24, 2.45) is 23.3 Å². The minimum Gasteiger partial charge on any atom is -0.480 e. The maximum atomic E-state index is 13.9. The molecule has 2 aromatic rings. The van der Waals surface area contributed by atoms with Gasteiger partial charge in [-0.2, -0.15) is 0 Å². The zero-order valence-electron chi connectivity index (χ0n) is 30.9. The minimum absolute atomic E-state index is 0.0321. The smallest absolute Gasteiger partial charge is 0.326 e. The predicted octanol–water partition coefficient (Wildman–Crippen LogP) is 1.16. The molecule has 2 aromatic carbocycles. The molecule has 0 spiro atoms. The molecule has 14 nitrogen and oxygen atoms in total. The van der Waals surface area contributed by atoms with Crippen molar-refractivity contribution in [1.82, 2.24) is 26.6 Å². The maximum absolute atomic E-state index is 13.9. The Morgan fingerprint density at radius 2 is 1.06 bits per heavy atom. The van der Waals surface area contributed by atoms with E-state index in [4.69, 9.17) is 11.5 Å². The zero-order valence-corrected chi connectivity index (χ0v) is 30.9. The first-order valence-corrected chi connectivity index (χ1v) is 17.9. The lowest BCUT2D eigenvalue weighted by atomic mass is 9.98. The van der Waals surface area contributed by atoms with Gasteiger partial charge in [0.05, 0.1) is 6.04 Å². The van der Waals surface area contributed by atoms with E-state index in [9.17, 15) is 33.9 Å². The Morgan fingerprint density at radius 1 is 0.596 bits per heavy atom. The highest BCUT2D eigenvalue weighted by Crippen LogP contribution is 2.12. The predicted molar refractivity (Wildman–Crippen MR) is 198 cm³/mol. The van der Waals surface area contributed by atoms with E-state index in [0.29, 0.717) is 24.9 Å². The Bertz CT molecular complexity index is 1450. The third kappa shape index (κ3) is 15.2. The molecule has 6 atom stereocenters. The van der Waals surface area contributed by atoms with Crippen molar-refractivity contribution in [2.45, 2.75) is 109 Å². The number of aliphatic carboxylic acids is 1. The van der Waals surface area contributed by atoms with Gasteiger partial charge in [-0.1, -0.05) is 88.4 Å². The average molecular weight is 724 g/mol. The molecule has 0 aliphatic carbocycles. The number of carboxylic acids is 1. The van der Waals surface area contributed by atoms with Gasteiger partial charge in [0.15, 0.2) is 0 Å². The van der Waals surface area contributed by atoms with Gasteiger partial charge in [-0.05, 0) is 62.1 Å². The van der Waals surface area contributed by atoms with Crippen LogP contribution in [0.15, 0.2) is 60.7 Å². The Morgan fingerprint density at radius 3 is 1.54 bits per heavy atom. The zero-order chi connectivity index (χ0) is 38.8. The van der Waals surface area contributed by atoms with Crippen molar-refractivity contribution in [3.63, 3.8) is 0 Å². The van der Waals surface area contributed by atoms with Gasteiger partial charge < -0.3 is 43.2 Å². The van der Waals surface area contributed by atoms with E-state index in [2.05, 4.69) is 26.6 Å². The van der Waals surface area contributed by atoms with Crippen molar-refractivity contribution in [2.75, 3.05) is 6.54 Å². The molecular formula is C38H57N7O7. The highest BCUT2D eigenvalue weighted by Gasteiger charge is 2.34. The quantitative estimate of drug-likeness (QED) is 0.0813. The van der Waals surface area contributed by atoms with Crippen LogP contribution in [0.2, 0.25) is 0 Å². The first kappa shape index (κ1) is 43.3. The fourth-order valence-electron chi connectivity index (χ4n) is 5.47. The topological polar surface area (TPSA) is 235 Å². The van der Waals surface area contributed by atoms with Gasteiger partial charge in [-0.3, -0.25) is 24.0 Å². The number of rotatable bonds is 22. The van der Waals surface area contributed by atoms with Gasteiger partial charge in [-0.25, -0.2) is 4.79 Å². The summed E-state index contributed by atoms with van der Waals surface area (Å²) in [6, 6.07) is 11.4. The molecule has 6 unspecified atom stereocenters. The third-order valence-electron chi connectivity index (χ3n) is 8.39. The summed E-state index contributed by atoms with van der Waals surface area (Å²) in [5.74, 6) is -4.77. The lowest BCUT2D eigenvalue weighted by molar-refractivity contribution is -0.142. The Kier molecular flexibility index (Phi) is 18.5. The second-order valence-electron chi connectivity index (χ2n) is 13.9. The summed E-state index contributed by atoms with van der Waals surface area (Å²) in [5, 5.41) is 23.4. The number of hydrogen-bond donors (Lipinski definition) is 8. The summed E-state index contributed by atoms with van der Waals surface area (Å²) in [6.45, 7) is 9.12. The number of hydrogen-bond acceptors (Lipinski definition) is 8. The molecule has 0 saturated carbocycles. The monoisotopic (exact) mass is 723 g/mol. The maximum Gasteiger partial charge on any atom is 0.326 e. The normalized spacial score (nSPS) is 14.6. The fraction of sp³-hybridized carbons (Fsp3) is 0.526. The fourth-order valence-corrected chi connectivity index (χ4v) is 5.47. The van der Waals surface area contributed by atoms with E-state index in [0.717, 1.165) is 5.56 Å². The van der Waals surface area contributed by atoms with Crippen LogP contribution >= 0.6 is 0 Å². The Balaban J connectivity index is 2.29. The lowest BCUT2D eigenvalue weighted by Gasteiger charge is -2.29. The molecular weight excluding hydrogens is 666 g/mol. The largest absolute Gasteiger partial charge is 0.480 e. The van der Waals surface area contributed by atoms with Crippen molar-refractivity contribution < 1.29 is 33.9 Å². The van der Waals surface area contributed by atoms with Crippen LogP contribution in [0.5, 0.6) is 0 Å². The molecule has 0 bridgehead atoms. The highest BCUT2D eigenvalue weighted by molar-refractivity contribution is 5.96. The second kappa shape index (κ2) is 22.2. The Labute approximate surface area is 306 Å². The SMILES string of the molecule is CC(C)CC(NC(=O)C(CCCCN)NC(=O)C(C)N)C(=O)NC(C(=O)NC(Cc1ccccc1)C(=O)NC(Cc1ccccc1)C(=O)O)C(C)C. The third-order valence-corrected chi connectivity index (χ3v) is 8.39. The molecule has 0 aromatic heterocycles. The van der Waals surface area contributed by atoms with Gasteiger partial charge in [0.2, 0.25) is 29.5 Å². The second-order valence-corrected chi connectivity index (χ2v) is 13.9. The van der Waals surface area contributed by atoms with E-state index in [1.54, 1.807) is 68.4 Å². The summed E-state index contributed by atoms with van der Waals surface area (Å²) in [5.41, 5.74) is 12.8.